The van der Waals surface area contributed by atoms with Crippen molar-refractivity contribution in [3.8, 4) is 5.75 Å². The number of rotatable bonds is 8. The lowest BCUT2D eigenvalue weighted by atomic mass is 10.1. The summed E-state index contributed by atoms with van der Waals surface area (Å²) in [6.45, 7) is -0.397. The minimum atomic E-state index is -0.559. The van der Waals surface area contributed by atoms with Gasteiger partial charge in [-0.1, -0.05) is 35.1 Å². The molecule has 1 N–H and O–H groups in total. The van der Waals surface area contributed by atoms with Crippen molar-refractivity contribution < 1.29 is 19.1 Å². The number of halogens is 1. The van der Waals surface area contributed by atoms with Gasteiger partial charge >= 0.3 is 5.97 Å². The van der Waals surface area contributed by atoms with E-state index in [1.807, 2.05) is 48.5 Å². The number of carbonyl (C=O) groups excluding carboxylic acids is 2. The third kappa shape index (κ3) is 6.25. The van der Waals surface area contributed by atoms with E-state index < -0.39 is 18.5 Å². The van der Waals surface area contributed by atoms with E-state index in [1.165, 1.54) is 11.3 Å². The molecule has 9 heteroatoms. The Kier molecular flexibility index (Phi) is 7.49. The van der Waals surface area contributed by atoms with E-state index in [-0.39, 0.29) is 0 Å². The van der Waals surface area contributed by atoms with Gasteiger partial charge in [0, 0.05) is 15.7 Å². The first-order valence-corrected chi connectivity index (χ1v) is 12.1. The van der Waals surface area contributed by atoms with E-state index in [1.54, 1.807) is 37.1 Å². The number of thiazole rings is 1. The molecule has 1 heterocycles. The van der Waals surface area contributed by atoms with E-state index >= 15 is 0 Å². The molecule has 0 radical (unpaired) electrons. The SMILES string of the molecule is COc1ccc2nc(NC(=O)COC(=O)c3ccc(CSc4ccc(Cl)cc4)cc3)sc2c1. The van der Waals surface area contributed by atoms with Gasteiger partial charge < -0.3 is 9.47 Å². The molecule has 4 aromatic rings. The smallest absolute Gasteiger partial charge is 0.338 e. The van der Waals surface area contributed by atoms with Crippen LogP contribution in [0.3, 0.4) is 0 Å². The molecule has 0 bridgehead atoms. The van der Waals surface area contributed by atoms with Crippen molar-refractivity contribution in [2.75, 3.05) is 19.0 Å². The molecule has 4 rings (SSSR count). The molecule has 0 fully saturated rings. The van der Waals surface area contributed by atoms with E-state index in [4.69, 9.17) is 21.1 Å². The monoisotopic (exact) mass is 498 g/mol. The van der Waals surface area contributed by atoms with Crippen molar-refractivity contribution in [3.05, 3.63) is 82.9 Å². The molecule has 0 aliphatic rings. The van der Waals surface area contributed by atoms with Gasteiger partial charge in [0.15, 0.2) is 11.7 Å². The fourth-order valence-corrected chi connectivity index (χ4v) is 4.78. The average Bonchev–Trinajstić information content (AvgIpc) is 3.23. The number of carbonyl (C=O) groups is 2. The van der Waals surface area contributed by atoms with Crippen LogP contribution < -0.4 is 10.1 Å². The first-order chi connectivity index (χ1) is 16.0. The number of ether oxygens (including phenoxy) is 2. The van der Waals surface area contributed by atoms with Gasteiger partial charge in [-0.2, -0.15) is 0 Å². The number of anilines is 1. The molecule has 0 spiro atoms. The van der Waals surface area contributed by atoms with Crippen molar-refractivity contribution in [3.63, 3.8) is 0 Å². The van der Waals surface area contributed by atoms with E-state index in [2.05, 4.69) is 10.3 Å². The molecule has 0 aliphatic heterocycles. The quantitative estimate of drug-likeness (QED) is 0.235. The number of hydrogen-bond donors (Lipinski definition) is 1. The van der Waals surface area contributed by atoms with Crippen molar-refractivity contribution in [2.45, 2.75) is 10.6 Å². The van der Waals surface area contributed by atoms with Crippen LogP contribution in [0, 0.1) is 0 Å². The summed E-state index contributed by atoms with van der Waals surface area (Å²) in [4.78, 5) is 29.9. The fraction of sp³-hybridized carbons (Fsp3) is 0.125. The van der Waals surface area contributed by atoms with Gasteiger partial charge in [-0.15, -0.1) is 11.8 Å². The van der Waals surface area contributed by atoms with Crippen LogP contribution in [0.1, 0.15) is 15.9 Å². The summed E-state index contributed by atoms with van der Waals surface area (Å²) in [6.07, 6.45) is 0. The lowest BCUT2D eigenvalue weighted by molar-refractivity contribution is -0.119. The topological polar surface area (TPSA) is 77.5 Å². The molecule has 6 nitrogen and oxygen atoms in total. The Balaban J connectivity index is 1.26. The second-order valence-electron chi connectivity index (χ2n) is 6.92. The van der Waals surface area contributed by atoms with Crippen molar-refractivity contribution in [1.82, 2.24) is 4.98 Å². The Bertz CT molecular complexity index is 1270. The molecule has 0 saturated heterocycles. The highest BCUT2D eigenvalue weighted by Crippen LogP contribution is 2.29. The van der Waals surface area contributed by atoms with Crippen LogP contribution in [0.2, 0.25) is 5.02 Å². The minimum absolute atomic E-state index is 0.384. The number of amides is 1. The molecule has 33 heavy (non-hydrogen) atoms. The zero-order valence-electron chi connectivity index (χ0n) is 17.5. The van der Waals surface area contributed by atoms with Crippen LogP contribution in [0.4, 0.5) is 5.13 Å². The summed E-state index contributed by atoms with van der Waals surface area (Å²) in [5.41, 5.74) is 2.20. The van der Waals surface area contributed by atoms with Gasteiger partial charge in [-0.05, 0) is 60.2 Å². The summed E-state index contributed by atoms with van der Waals surface area (Å²) < 4.78 is 11.2. The summed E-state index contributed by atoms with van der Waals surface area (Å²) in [7, 11) is 1.59. The number of nitrogens with one attached hydrogen (secondary N) is 1. The lowest BCUT2D eigenvalue weighted by Crippen LogP contribution is -2.20. The van der Waals surface area contributed by atoms with Gasteiger partial charge in [0.1, 0.15) is 5.75 Å². The van der Waals surface area contributed by atoms with Crippen LogP contribution in [0.25, 0.3) is 10.2 Å². The zero-order chi connectivity index (χ0) is 23.2. The Morgan fingerprint density at radius 3 is 2.55 bits per heavy atom. The van der Waals surface area contributed by atoms with Crippen LogP contribution in [0.5, 0.6) is 5.75 Å². The zero-order valence-corrected chi connectivity index (χ0v) is 19.9. The highest BCUT2D eigenvalue weighted by molar-refractivity contribution is 7.98. The molecule has 168 valence electrons. The van der Waals surface area contributed by atoms with Crippen molar-refractivity contribution in [2.24, 2.45) is 0 Å². The predicted molar refractivity (Wildman–Crippen MR) is 133 cm³/mol. The fourth-order valence-electron chi connectivity index (χ4n) is 2.89. The standard InChI is InChI=1S/C24H19ClN2O4S2/c1-30-18-8-11-20-21(12-18)33-24(26-20)27-22(28)13-31-23(29)16-4-2-15(3-5-16)14-32-19-9-6-17(25)7-10-19/h2-12H,13-14H2,1H3,(H,26,27,28). The van der Waals surface area contributed by atoms with Crippen LogP contribution in [-0.4, -0.2) is 30.6 Å². The van der Waals surface area contributed by atoms with Gasteiger partial charge in [0.05, 0.1) is 22.9 Å². The molecule has 0 saturated carbocycles. The Morgan fingerprint density at radius 2 is 1.82 bits per heavy atom. The highest BCUT2D eigenvalue weighted by atomic mass is 35.5. The first-order valence-electron chi connectivity index (χ1n) is 9.89. The number of methoxy groups -OCH3 is 1. The third-order valence-electron chi connectivity index (χ3n) is 4.59. The van der Waals surface area contributed by atoms with E-state index in [9.17, 15) is 9.59 Å². The molecular formula is C24H19ClN2O4S2. The number of thioether (sulfide) groups is 1. The van der Waals surface area contributed by atoms with Gasteiger partial charge in [-0.25, -0.2) is 9.78 Å². The largest absolute Gasteiger partial charge is 0.497 e. The third-order valence-corrected chi connectivity index (χ3v) is 6.85. The Morgan fingerprint density at radius 1 is 1.06 bits per heavy atom. The maximum atomic E-state index is 12.3. The van der Waals surface area contributed by atoms with E-state index in [0.29, 0.717) is 21.5 Å². The maximum absolute atomic E-state index is 12.3. The van der Waals surface area contributed by atoms with Crippen LogP contribution in [-0.2, 0) is 15.3 Å². The number of esters is 1. The highest BCUT2D eigenvalue weighted by Gasteiger charge is 2.13. The molecule has 1 aromatic heterocycles. The normalized spacial score (nSPS) is 10.7. The van der Waals surface area contributed by atoms with Gasteiger partial charge in [-0.3, -0.25) is 10.1 Å². The van der Waals surface area contributed by atoms with E-state index in [0.717, 1.165) is 26.4 Å². The maximum Gasteiger partial charge on any atom is 0.338 e. The predicted octanol–water partition coefficient (Wildman–Crippen LogP) is 6.05. The number of benzene rings is 3. The number of fused-ring (bicyclic) bond motifs is 1. The van der Waals surface area contributed by atoms with Crippen molar-refractivity contribution in [1.29, 1.82) is 0 Å². The summed E-state index contributed by atoms with van der Waals surface area (Å²) in [5, 5.41) is 3.80. The summed E-state index contributed by atoms with van der Waals surface area (Å²) in [6, 6.07) is 20.2. The molecule has 1 amide bonds. The minimum Gasteiger partial charge on any atom is -0.497 e. The second kappa shape index (κ2) is 10.7. The number of nitrogens with zero attached hydrogens (tertiary/aromatic N) is 1. The summed E-state index contributed by atoms with van der Waals surface area (Å²) in [5.74, 6) is 0.460. The van der Waals surface area contributed by atoms with Gasteiger partial charge in [0.2, 0.25) is 0 Å². The number of aromatic nitrogens is 1. The first kappa shape index (κ1) is 23.1. The van der Waals surface area contributed by atoms with Crippen molar-refractivity contribution >= 4 is 61.9 Å². The number of hydrogen-bond acceptors (Lipinski definition) is 7. The van der Waals surface area contributed by atoms with Gasteiger partial charge in [0.25, 0.3) is 5.91 Å². The Labute approximate surface area is 203 Å². The molecule has 0 aliphatic carbocycles. The molecular weight excluding hydrogens is 480 g/mol. The summed E-state index contributed by atoms with van der Waals surface area (Å²) >= 11 is 8.90. The Hall–Kier alpha value is -3.07. The van der Waals surface area contributed by atoms with Crippen LogP contribution in [0.15, 0.2) is 71.6 Å². The molecule has 3 aromatic carbocycles. The van der Waals surface area contributed by atoms with Crippen LogP contribution >= 0.6 is 34.7 Å². The average molecular weight is 499 g/mol. The lowest BCUT2D eigenvalue weighted by Gasteiger charge is -2.06. The molecule has 0 atom stereocenters. The molecule has 0 unspecified atom stereocenters. The second-order valence-corrected chi connectivity index (χ2v) is 9.43.